The third-order valence-electron chi connectivity index (χ3n) is 6.83. The van der Waals surface area contributed by atoms with Gasteiger partial charge < -0.3 is 9.47 Å². The van der Waals surface area contributed by atoms with Gasteiger partial charge in [0, 0.05) is 5.41 Å². The number of carbonyl (C=O) groups excluding carboxylic acids is 2. The Labute approximate surface area is 176 Å². The second-order valence-corrected chi connectivity index (χ2v) is 9.24. The number of benzene rings is 1. The van der Waals surface area contributed by atoms with E-state index >= 15 is 0 Å². The first-order valence-electron chi connectivity index (χ1n) is 10.4. The summed E-state index contributed by atoms with van der Waals surface area (Å²) >= 11 is 0. The summed E-state index contributed by atoms with van der Waals surface area (Å²) in [5, 5.41) is 0. The van der Waals surface area contributed by atoms with E-state index in [1.807, 2.05) is 0 Å². The van der Waals surface area contributed by atoms with Gasteiger partial charge in [-0.1, -0.05) is 12.1 Å². The van der Waals surface area contributed by atoms with Crippen molar-refractivity contribution in [3.8, 4) is 0 Å². The number of halogens is 5. The summed E-state index contributed by atoms with van der Waals surface area (Å²) in [6, 6.07) is 4.98. The van der Waals surface area contributed by atoms with Crippen molar-refractivity contribution in [1.82, 2.24) is 0 Å². The average molecular weight is 446 g/mol. The Balaban J connectivity index is 1.45. The molecule has 1 aromatic carbocycles. The number of hydrogen-bond donors (Lipinski definition) is 0. The molecule has 4 aliphatic carbocycles. The maximum absolute atomic E-state index is 12.7. The zero-order valence-electron chi connectivity index (χ0n) is 16.7. The zero-order valence-corrected chi connectivity index (χ0v) is 16.7. The Morgan fingerprint density at radius 2 is 1.42 bits per heavy atom. The van der Waals surface area contributed by atoms with Crippen LogP contribution in [-0.4, -0.2) is 37.3 Å². The van der Waals surface area contributed by atoms with Crippen LogP contribution in [0, 0.1) is 23.2 Å². The minimum atomic E-state index is -5.43. The molecule has 4 aliphatic rings. The van der Waals surface area contributed by atoms with E-state index in [0.717, 1.165) is 25.3 Å². The summed E-state index contributed by atoms with van der Waals surface area (Å²) in [6.07, 6.45) is -6.36. The molecule has 0 saturated heterocycles. The Hall–Kier alpha value is -2.19. The van der Waals surface area contributed by atoms with E-state index in [2.05, 4.69) is 4.74 Å². The lowest BCUT2D eigenvalue weighted by molar-refractivity contribution is -0.236. The molecule has 1 unspecified atom stereocenters. The molecule has 9 heteroatoms. The van der Waals surface area contributed by atoms with E-state index < -0.39 is 36.2 Å². The highest BCUT2D eigenvalue weighted by atomic mass is 19.4. The first kappa shape index (κ1) is 22.0. The molecule has 4 bridgehead atoms. The largest absolute Gasteiger partial charge is 0.461 e. The molecule has 5 rings (SSSR count). The minimum Gasteiger partial charge on any atom is -0.461 e. The second-order valence-electron chi connectivity index (χ2n) is 9.24. The van der Waals surface area contributed by atoms with Crippen molar-refractivity contribution >= 4 is 11.9 Å². The van der Waals surface area contributed by atoms with Crippen molar-refractivity contribution in [3.63, 3.8) is 0 Å². The van der Waals surface area contributed by atoms with Gasteiger partial charge in [0.1, 0.15) is 0 Å². The third kappa shape index (κ3) is 4.55. The molecule has 31 heavy (non-hydrogen) atoms. The van der Waals surface area contributed by atoms with E-state index in [4.69, 9.17) is 4.74 Å². The minimum absolute atomic E-state index is 0.0864. The van der Waals surface area contributed by atoms with Crippen molar-refractivity contribution in [1.29, 1.82) is 0 Å². The highest BCUT2D eigenvalue weighted by molar-refractivity contribution is 6.03. The van der Waals surface area contributed by atoms with E-state index in [9.17, 15) is 31.5 Å². The van der Waals surface area contributed by atoms with Crippen LogP contribution < -0.4 is 0 Å². The SMILES string of the molecule is O=C(OCC12CC3CC(CC(C3)C1)C2)c1ccccc1C(=O)OC(C(F)F)C(F)(F)F. The topological polar surface area (TPSA) is 52.6 Å². The molecule has 0 radical (unpaired) electrons. The molecule has 4 saturated carbocycles. The van der Waals surface area contributed by atoms with E-state index in [1.54, 1.807) is 0 Å². The van der Waals surface area contributed by atoms with Gasteiger partial charge in [0.25, 0.3) is 12.5 Å². The molecule has 0 aromatic heterocycles. The number of rotatable bonds is 6. The van der Waals surface area contributed by atoms with Gasteiger partial charge in [0.05, 0.1) is 17.7 Å². The van der Waals surface area contributed by atoms with Crippen LogP contribution in [0.5, 0.6) is 0 Å². The van der Waals surface area contributed by atoms with E-state index in [0.29, 0.717) is 17.8 Å². The quantitative estimate of drug-likeness (QED) is 0.433. The third-order valence-corrected chi connectivity index (χ3v) is 6.83. The number of hydrogen-bond acceptors (Lipinski definition) is 4. The van der Waals surface area contributed by atoms with Gasteiger partial charge in [0.2, 0.25) is 0 Å². The molecule has 0 spiro atoms. The predicted molar refractivity (Wildman–Crippen MR) is 98.6 cm³/mol. The molecule has 0 amide bonds. The number of esters is 2. The molecule has 4 nitrogen and oxygen atoms in total. The maximum Gasteiger partial charge on any atom is 0.431 e. The Bertz CT molecular complexity index is 815. The molecule has 4 fully saturated rings. The Morgan fingerprint density at radius 3 is 1.87 bits per heavy atom. The van der Waals surface area contributed by atoms with Crippen LogP contribution in [0.25, 0.3) is 0 Å². The summed E-state index contributed by atoms with van der Waals surface area (Å²) < 4.78 is 73.2. The van der Waals surface area contributed by atoms with Crippen molar-refractivity contribution < 1.29 is 41.0 Å². The molecule has 1 atom stereocenters. The van der Waals surface area contributed by atoms with Gasteiger partial charge in [-0.05, 0) is 68.4 Å². The monoisotopic (exact) mass is 446 g/mol. The predicted octanol–water partition coefficient (Wildman–Crippen LogP) is 5.41. The molecular weight excluding hydrogens is 423 g/mol. The average Bonchev–Trinajstić information content (AvgIpc) is 2.68. The van der Waals surface area contributed by atoms with Gasteiger partial charge in [-0.25, -0.2) is 18.4 Å². The van der Waals surface area contributed by atoms with Crippen LogP contribution in [0.15, 0.2) is 24.3 Å². The molecule has 0 N–H and O–H groups in total. The molecular formula is C22H23F5O4. The number of alkyl halides is 5. The van der Waals surface area contributed by atoms with Crippen molar-refractivity contribution in [2.24, 2.45) is 23.2 Å². The molecule has 0 aliphatic heterocycles. The highest BCUT2D eigenvalue weighted by Crippen LogP contribution is 2.60. The normalized spacial score (nSPS) is 30.3. The van der Waals surface area contributed by atoms with Gasteiger partial charge in [-0.15, -0.1) is 0 Å². The fourth-order valence-corrected chi connectivity index (χ4v) is 6.04. The van der Waals surface area contributed by atoms with Crippen LogP contribution in [0.1, 0.15) is 59.2 Å². The lowest BCUT2D eigenvalue weighted by Crippen LogP contribution is -2.48. The van der Waals surface area contributed by atoms with Gasteiger partial charge in [0.15, 0.2) is 0 Å². The zero-order chi connectivity index (χ0) is 22.4. The molecule has 170 valence electrons. The van der Waals surface area contributed by atoms with Crippen molar-refractivity contribution in [2.45, 2.75) is 57.2 Å². The summed E-state index contributed by atoms with van der Waals surface area (Å²) in [7, 11) is 0. The summed E-state index contributed by atoms with van der Waals surface area (Å²) in [6.45, 7) is 0.181. The fourth-order valence-electron chi connectivity index (χ4n) is 6.04. The molecule has 1 aromatic rings. The van der Waals surface area contributed by atoms with Gasteiger partial charge in [-0.3, -0.25) is 0 Å². The lowest BCUT2D eigenvalue weighted by atomic mass is 9.50. The van der Waals surface area contributed by atoms with Crippen LogP contribution in [0.2, 0.25) is 0 Å². The number of carbonyl (C=O) groups is 2. The number of ether oxygens (including phenoxy) is 2. The Kier molecular flexibility index (Phi) is 5.72. The first-order chi connectivity index (χ1) is 14.6. The van der Waals surface area contributed by atoms with E-state index in [-0.39, 0.29) is 17.6 Å². The smallest absolute Gasteiger partial charge is 0.431 e. The summed E-state index contributed by atoms with van der Waals surface area (Å²) in [5.74, 6) is -0.600. The molecule has 0 heterocycles. The van der Waals surface area contributed by atoms with Crippen LogP contribution in [-0.2, 0) is 9.47 Å². The highest BCUT2D eigenvalue weighted by Gasteiger charge is 2.52. The van der Waals surface area contributed by atoms with Crippen LogP contribution in [0.3, 0.4) is 0 Å². The summed E-state index contributed by atoms with van der Waals surface area (Å²) in [5.41, 5.74) is -0.919. The van der Waals surface area contributed by atoms with Gasteiger partial charge >= 0.3 is 18.1 Å². The first-order valence-corrected chi connectivity index (χ1v) is 10.4. The fraction of sp³-hybridized carbons (Fsp3) is 0.636. The maximum atomic E-state index is 12.7. The Morgan fingerprint density at radius 1 is 0.935 bits per heavy atom. The van der Waals surface area contributed by atoms with Crippen molar-refractivity contribution in [3.05, 3.63) is 35.4 Å². The van der Waals surface area contributed by atoms with Crippen LogP contribution >= 0.6 is 0 Å². The lowest BCUT2D eigenvalue weighted by Gasteiger charge is -2.56. The second kappa shape index (κ2) is 8.06. The summed E-state index contributed by atoms with van der Waals surface area (Å²) in [4.78, 5) is 24.9. The standard InChI is InChI=1S/C22H23F5O4/c23-18(24)17(22(25,26)27)31-20(29)16-4-2-1-3-15(16)19(28)30-11-21-8-12-5-13(9-21)7-14(6-12)10-21/h1-4,12-14,17-18H,5-11H2. The van der Waals surface area contributed by atoms with E-state index in [1.165, 1.54) is 37.5 Å². The van der Waals surface area contributed by atoms with Crippen molar-refractivity contribution in [2.75, 3.05) is 6.61 Å². The van der Waals surface area contributed by atoms with Gasteiger partial charge in [-0.2, -0.15) is 13.2 Å². The van der Waals surface area contributed by atoms with Crippen LogP contribution in [0.4, 0.5) is 22.0 Å².